The van der Waals surface area contributed by atoms with Crippen LogP contribution in [0.3, 0.4) is 0 Å². The minimum Gasteiger partial charge on any atom is -0.388 e. The average molecular weight is 463 g/mol. The lowest BCUT2D eigenvalue weighted by Gasteiger charge is -2.15. The van der Waals surface area contributed by atoms with Crippen molar-refractivity contribution in [2.24, 2.45) is 5.73 Å². The highest BCUT2D eigenvalue weighted by Gasteiger charge is 2.20. The van der Waals surface area contributed by atoms with Crippen molar-refractivity contribution in [1.82, 2.24) is 4.98 Å². The van der Waals surface area contributed by atoms with E-state index in [1.165, 1.54) is 18.0 Å². The zero-order valence-corrected chi connectivity index (χ0v) is 15.8. The van der Waals surface area contributed by atoms with E-state index >= 15 is 0 Å². The van der Waals surface area contributed by atoms with Crippen LogP contribution in [0.4, 0.5) is 11.7 Å². The van der Waals surface area contributed by atoms with Gasteiger partial charge in [-0.15, -0.1) is 0 Å². The molecule has 0 fully saturated rings. The highest BCUT2D eigenvalue weighted by atomic mass is 127. The molecular weight excluding hydrogens is 449 g/mol. The van der Waals surface area contributed by atoms with E-state index in [2.05, 4.69) is 32.9 Å². The smallest absolute Gasteiger partial charge is 0.348 e. The van der Waals surface area contributed by atoms with E-state index in [4.69, 9.17) is 15.6 Å². The molecule has 4 N–H and O–H groups in total. The number of carbonyl (C=O) groups is 1. The molecule has 1 amide bonds. The first-order valence-corrected chi connectivity index (χ1v) is 8.53. The molecule has 1 aromatic heterocycles. The Balaban J connectivity index is 2.04. The Kier molecular flexibility index (Phi) is 4.89. The molecule has 8 nitrogen and oxygen atoms in total. The van der Waals surface area contributed by atoms with Crippen LogP contribution in [0.5, 0.6) is 0 Å². The van der Waals surface area contributed by atoms with Crippen molar-refractivity contribution in [2.75, 3.05) is 17.3 Å². The zero-order chi connectivity index (χ0) is 18.8. The van der Waals surface area contributed by atoms with Crippen molar-refractivity contribution < 1.29 is 9.21 Å². The van der Waals surface area contributed by atoms with Gasteiger partial charge >= 0.3 is 11.6 Å². The van der Waals surface area contributed by atoms with Crippen LogP contribution < -0.4 is 21.6 Å². The summed E-state index contributed by atoms with van der Waals surface area (Å²) in [5.41, 5.74) is 6.01. The molecule has 0 spiro atoms. The van der Waals surface area contributed by atoms with Crippen LogP contribution in [0.2, 0.25) is 0 Å². The number of guanidine groups is 1. The normalized spacial score (nSPS) is 10.5. The second kappa shape index (κ2) is 7.12. The SMILES string of the molecule is CN(C(=O)c1ccccc1I)c1nc2cc(NC(=N)N)ccc2c(=O)o1. The van der Waals surface area contributed by atoms with E-state index in [0.717, 1.165) is 3.57 Å². The fraction of sp³-hybridized carbons (Fsp3) is 0.0588. The van der Waals surface area contributed by atoms with Crippen molar-refractivity contribution >= 4 is 57.1 Å². The minimum atomic E-state index is -0.609. The van der Waals surface area contributed by atoms with Gasteiger partial charge in [0.25, 0.3) is 5.91 Å². The van der Waals surface area contributed by atoms with Gasteiger partial charge in [-0.05, 0) is 52.9 Å². The Morgan fingerprint density at radius 3 is 2.73 bits per heavy atom. The van der Waals surface area contributed by atoms with Crippen LogP contribution >= 0.6 is 22.6 Å². The Morgan fingerprint density at radius 2 is 2.04 bits per heavy atom. The number of anilines is 2. The number of nitrogens with zero attached hydrogens (tertiary/aromatic N) is 2. The zero-order valence-electron chi connectivity index (χ0n) is 13.6. The Labute approximate surface area is 161 Å². The summed E-state index contributed by atoms with van der Waals surface area (Å²) in [6.45, 7) is 0. The van der Waals surface area contributed by atoms with Gasteiger partial charge in [0.15, 0.2) is 5.96 Å². The first kappa shape index (κ1) is 17.9. The summed E-state index contributed by atoms with van der Waals surface area (Å²) in [5, 5.41) is 10.2. The quantitative estimate of drug-likeness (QED) is 0.311. The second-order valence-corrected chi connectivity index (χ2v) is 6.56. The third-order valence-corrected chi connectivity index (χ3v) is 4.53. The van der Waals surface area contributed by atoms with E-state index in [1.807, 2.05) is 12.1 Å². The number of benzene rings is 2. The lowest BCUT2D eigenvalue weighted by atomic mass is 10.2. The number of hydrogen-bond donors (Lipinski definition) is 3. The summed E-state index contributed by atoms with van der Waals surface area (Å²) in [6, 6.07) is 11.6. The number of amides is 1. The van der Waals surface area contributed by atoms with Crippen LogP contribution in [0, 0.1) is 8.98 Å². The van der Waals surface area contributed by atoms with Gasteiger partial charge in [-0.3, -0.25) is 15.1 Å². The molecule has 0 unspecified atom stereocenters. The molecule has 9 heteroatoms. The van der Waals surface area contributed by atoms with Crippen LogP contribution in [-0.4, -0.2) is 23.9 Å². The molecular formula is C17H14IN5O3. The van der Waals surface area contributed by atoms with Gasteiger partial charge in [-0.2, -0.15) is 4.98 Å². The largest absolute Gasteiger partial charge is 0.388 e. The molecule has 0 atom stereocenters. The summed E-state index contributed by atoms with van der Waals surface area (Å²) in [4.78, 5) is 30.4. The third-order valence-electron chi connectivity index (χ3n) is 3.59. The van der Waals surface area contributed by atoms with E-state index < -0.39 is 5.63 Å². The van der Waals surface area contributed by atoms with Gasteiger partial charge < -0.3 is 15.5 Å². The molecule has 0 aliphatic carbocycles. The van der Waals surface area contributed by atoms with Crippen molar-refractivity contribution in [2.45, 2.75) is 0 Å². The summed E-state index contributed by atoms with van der Waals surface area (Å²) in [6.07, 6.45) is 0. The van der Waals surface area contributed by atoms with Crippen molar-refractivity contribution in [3.05, 3.63) is 62.0 Å². The summed E-state index contributed by atoms with van der Waals surface area (Å²) in [5.74, 6) is -0.582. The van der Waals surface area contributed by atoms with Crippen molar-refractivity contribution in [3.63, 3.8) is 0 Å². The molecule has 0 saturated heterocycles. The van der Waals surface area contributed by atoms with Crippen molar-refractivity contribution in [3.8, 4) is 0 Å². The Morgan fingerprint density at radius 1 is 1.31 bits per heavy atom. The van der Waals surface area contributed by atoms with Gasteiger partial charge in [0.2, 0.25) is 0 Å². The molecule has 132 valence electrons. The number of nitrogens with two attached hydrogens (primary N) is 1. The first-order valence-electron chi connectivity index (χ1n) is 7.45. The van der Waals surface area contributed by atoms with Gasteiger partial charge in [-0.25, -0.2) is 4.79 Å². The van der Waals surface area contributed by atoms with Gasteiger partial charge in [0.05, 0.1) is 16.5 Å². The lowest BCUT2D eigenvalue weighted by Crippen LogP contribution is -2.28. The summed E-state index contributed by atoms with van der Waals surface area (Å²) >= 11 is 2.06. The maximum Gasteiger partial charge on any atom is 0.348 e. The van der Waals surface area contributed by atoms with E-state index in [0.29, 0.717) is 16.8 Å². The van der Waals surface area contributed by atoms with E-state index in [1.54, 1.807) is 24.3 Å². The predicted molar refractivity (Wildman–Crippen MR) is 108 cm³/mol. The highest BCUT2D eigenvalue weighted by Crippen LogP contribution is 2.20. The number of nitrogens with one attached hydrogen (secondary N) is 2. The molecule has 0 bridgehead atoms. The molecule has 3 rings (SSSR count). The number of carbonyl (C=O) groups excluding carboxylic acids is 1. The number of aromatic nitrogens is 1. The number of hydrogen-bond acceptors (Lipinski definition) is 5. The Bertz CT molecular complexity index is 1080. The molecule has 1 heterocycles. The molecule has 0 aliphatic heterocycles. The molecule has 26 heavy (non-hydrogen) atoms. The molecule has 3 aromatic rings. The first-order chi connectivity index (χ1) is 12.4. The summed E-state index contributed by atoms with van der Waals surface area (Å²) in [7, 11) is 1.49. The molecule has 0 saturated carbocycles. The maximum atomic E-state index is 12.7. The standard InChI is InChI=1S/C17H14IN5O3/c1-23(14(24)10-4-2-3-5-12(10)18)17-22-13-8-9(21-16(19)20)6-7-11(13)15(25)26-17/h2-8H,1H3,(H4,19,20,21). The molecule has 2 aromatic carbocycles. The number of halogens is 1. The molecule has 0 aliphatic rings. The highest BCUT2D eigenvalue weighted by molar-refractivity contribution is 14.1. The number of rotatable bonds is 3. The third kappa shape index (κ3) is 3.52. The van der Waals surface area contributed by atoms with Crippen LogP contribution in [0.15, 0.2) is 51.7 Å². The van der Waals surface area contributed by atoms with Crippen molar-refractivity contribution in [1.29, 1.82) is 5.41 Å². The topological polar surface area (TPSA) is 125 Å². The second-order valence-electron chi connectivity index (χ2n) is 5.40. The van der Waals surface area contributed by atoms with Crippen LogP contribution in [0.25, 0.3) is 10.9 Å². The fourth-order valence-corrected chi connectivity index (χ4v) is 2.96. The van der Waals surface area contributed by atoms with Crippen LogP contribution in [-0.2, 0) is 0 Å². The van der Waals surface area contributed by atoms with Gasteiger partial charge in [-0.1, -0.05) is 12.1 Å². The van der Waals surface area contributed by atoms with E-state index in [9.17, 15) is 9.59 Å². The monoisotopic (exact) mass is 463 g/mol. The molecule has 0 radical (unpaired) electrons. The summed E-state index contributed by atoms with van der Waals surface area (Å²) < 4.78 is 5.98. The fourth-order valence-electron chi connectivity index (χ4n) is 2.34. The van der Waals surface area contributed by atoms with Crippen LogP contribution in [0.1, 0.15) is 10.4 Å². The van der Waals surface area contributed by atoms with E-state index in [-0.39, 0.29) is 23.3 Å². The predicted octanol–water partition coefficient (Wildman–Crippen LogP) is 2.37. The maximum absolute atomic E-state index is 12.7. The van der Waals surface area contributed by atoms with Gasteiger partial charge in [0.1, 0.15) is 0 Å². The average Bonchev–Trinajstić information content (AvgIpc) is 2.60. The van der Waals surface area contributed by atoms with Gasteiger partial charge in [0, 0.05) is 16.3 Å². The minimum absolute atomic E-state index is 0.118. The lowest BCUT2D eigenvalue weighted by molar-refractivity contribution is 0.0986. The number of fused-ring (bicyclic) bond motifs is 1. The Hall–Kier alpha value is -2.95.